The predicted octanol–water partition coefficient (Wildman–Crippen LogP) is 3.32. The molecular weight excluding hydrogens is 365 g/mol. The number of nitrogens with two attached hydrogens (primary N) is 1. The molecule has 0 spiro atoms. The van der Waals surface area contributed by atoms with Gasteiger partial charge in [-0.2, -0.15) is 0 Å². The van der Waals surface area contributed by atoms with Gasteiger partial charge < -0.3 is 16.0 Å². The number of amides is 1. The number of halogens is 1. The van der Waals surface area contributed by atoms with Gasteiger partial charge in [0.25, 0.3) is 5.91 Å². The Hall–Kier alpha value is -1.76. The van der Waals surface area contributed by atoms with Crippen LogP contribution in [0.25, 0.3) is 0 Å². The summed E-state index contributed by atoms with van der Waals surface area (Å²) in [5.41, 5.74) is 8.68. The average Bonchev–Trinajstić information content (AvgIpc) is 2.38. The van der Waals surface area contributed by atoms with Gasteiger partial charge >= 0.3 is 0 Å². The molecule has 0 fully saturated rings. The number of anilines is 3. The SMILES string of the molecule is CN(C)C(=O)c1ccc(N)cc1Nc1cccc(I)c1. The Morgan fingerprint density at radius 1 is 1.20 bits per heavy atom. The Kier molecular flexibility index (Phi) is 4.49. The maximum Gasteiger partial charge on any atom is 0.255 e. The zero-order valence-corrected chi connectivity index (χ0v) is 13.5. The van der Waals surface area contributed by atoms with Crippen LogP contribution in [0.2, 0.25) is 0 Å². The van der Waals surface area contributed by atoms with E-state index in [0.717, 1.165) is 9.26 Å². The Balaban J connectivity index is 2.39. The zero-order valence-electron chi connectivity index (χ0n) is 11.4. The number of nitrogen functional groups attached to an aromatic ring is 1. The summed E-state index contributed by atoms with van der Waals surface area (Å²) in [4.78, 5) is 13.7. The highest BCUT2D eigenvalue weighted by atomic mass is 127. The van der Waals surface area contributed by atoms with Gasteiger partial charge in [0.1, 0.15) is 0 Å². The van der Waals surface area contributed by atoms with Crippen molar-refractivity contribution < 1.29 is 4.79 Å². The lowest BCUT2D eigenvalue weighted by Gasteiger charge is -2.16. The van der Waals surface area contributed by atoms with Gasteiger partial charge in [0.2, 0.25) is 0 Å². The second-order valence-electron chi connectivity index (χ2n) is 4.64. The van der Waals surface area contributed by atoms with E-state index in [1.807, 2.05) is 24.3 Å². The number of hydrogen-bond donors (Lipinski definition) is 2. The first-order chi connectivity index (χ1) is 9.47. The largest absolute Gasteiger partial charge is 0.399 e. The number of benzene rings is 2. The molecule has 0 aliphatic rings. The molecule has 20 heavy (non-hydrogen) atoms. The zero-order chi connectivity index (χ0) is 14.7. The van der Waals surface area contributed by atoms with Crippen molar-refractivity contribution in [2.45, 2.75) is 0 Å². The van der Waals surface area contributed by atoms with Crippen molar-refractivity contribution in [3.8, 4) is 0 Å². The fourth-order valence-electron chi connectivity index (χ4n) is 1.81. The minimum atomic E-state index is -0.0573. The molecule has 0 bridgehead atoms. The van der Waals surface area contributed by atoms with Crippen LogP contribution in [0.1, 0.15) is 10.4 Å². The molecule has 104 valence electrons. The van der Waals surface area contributed by atoms with Crippen LogP contribution >= 0.6 is 22.6 Å². The van der Waals surface area contributed by atoms with Gasteiger partial charge in [-0.05, 0) is 59.0 Å². The summed E-state index contributed by atoms with van der Waals surface area (Å²) in [5.74, 6) is -0.0573. The topological polar surface area (TPSA) is 58.4 Å². The van der Waals surface area contributed by atoms with Crippen LogP contribution in [0, 0.1) is 3.57 Å². The third-order valence-corrected chi connectivity index (χ3v) is 3.45. The fourth-order valence-corrected chi connectivity index (χ4v) is 2.36. The molecule has 2 aromatic rings. The van der Waals surface area contributed by atoms with Gasteiger partial charge in [-0.3, -0.25) is 4.79 Å². The van der Waals surface area contributed by atoms with Gasteiger partial charge in [0, 0.05) is 29.0 Å². The summed E-state index contributed by atoms with van der Waals surface area (Å²) in [7, 11) is 3.46. The van der Waals surface area contributed by atoms with Crippen LogP contribution in [0.15, 0.2) is 42.5 Å². The third-order valence-electron chi connectivity index (χ3n) is 2.78. The molecule has 0 saturated carbocycles. The van der Waals surface area contributed by atoms with Gasteiger partial charge in [-0.1, -0.05) is 6.07 Å². The average molecular weight is 381 g/mol. The van der Waals surface area contributed by atoms with E-state index in [-0.39, 0.29) is 5.91 Å². The molecule has 0 saturated heterocycles. The number of carbonyl (C=O) groups excluding carboxylic acids is 1. The van der Waals surface area contributed by atoms with E-state index < -0.39 is 0 Å². The minimum Gasteiger partial charge on any atom is -0.399 e. The Bertz CT molecular complexity index is 641. The highest BCUT2D eigenvalue weighted by molar-refractivity contribution is 14.1. The van der Waals surface area contributed by atoms with E-state index in [4.69, 9.17) is 5.73 Å². The number of carbonyl (C=O) groups is 1. The molecule has 0 radical (unpaired) electrons. The van der Waals surface area contributed by atoms with Crippen molar-refractivity contribution in [3.05, 3.63) is 51.6 Å². The smallest absolute Gasteiger partial charge is 0.255 e. The van der Waals surface area contributed by atoms with Crippen LogP contribution in [0.4, 0.5) is 17.1 Å². The monoisotopic (exact) mass is 381 g/mol. The summed E-state index contributed by atoms with van der Waals surface area (Å²) < 4.78 is 1.12. The molecule has 4 nitrogen and oxygen atoms in total. The molecule has 0 aromatic heterocycles. The summed E-state index contributed by atoms with van der Waals surface area (Å²) >= 11 is 2.25. The van der Waals surface area contributed by atoms with Gasteiger partial charge in [0.15, 0.2) is 0 Å². The molecule has 0 aliphatic heterocycles. The first kappa shape index (κ1) is 14.6. The molecule has 0 heterocycles. The first-order valence-corrected chi connectivity index (χ1v) is 7.19. The lowest BCUT2D eigenvalue weighted by Crippen LogP contribution is -2.22. The van der Waals surface area contributed by atoms with Crippen LogP contribution in [-0.4, -0.2) is 24.9 Å². The summed E-state index contributed by atoms with van der Waals surface area (Å²) in [5, 5.41) is 3.26. The van der Waals surface area contributed by atoms with Crippen molar-refractivity contribution in [2.24, 2.45) is 0 Å². The third kappa shape index (κ3) is 3.41. The lowest BCUT2D eigenvalue weighted by atomic mass is 10.1. The van der Waals surface area contributed by atoms with Crippen LogP contribution in [-0.2, 0) is 0 Å². The number of rotatable bonds is 3. The van der Waals surface area contributed by atoms with Crippen molar-refractivity contribution in [1.29, 1.82) is 0 Å². The second kappa shape index (κ2) is 6.13. The number of hydrogen-bond acceptors (Lipinski definition) is 3. The molecule has 3 N–H and O–H groups in total. The summed E-state index contributed by atoms with van der Waals surface area (Å²) in [6.07, 6.45) is 0. The summed E-state index contributed by atoms with van der Waals surface area (Å²) in [6, 6.07) is 13.2. The number of nitrogens with zero attached hydrogens (tertiary/aromatic N) is 1. The predicted molar refractivity (Wildman–Crippen MR) is 91.3 cm³/mol. The fraction of sp³-hybridized carbons (Fsp3) is 0.133. The molecule has 2 rings (SSSR count). The molecule has 0 atom stereocenters. The maximum atomic E-state index is 12.2. The van der Waals surface area contributed by atoms with Crippen LogP contribution < -0.4 is 11.1 Å². The van der Waals surface area contributed by atoms with E-state index in [1.165, 1.54) is 0 Å². The molecule has 5 heteroatoms. The summed E-state index contributed by atoms with van der Waals surface area (Å²) in [6.45, 7) is 0. The normalized spacial score (nSPS) is 10.2. The van der Waals surface area contributed by atoms with E-state index in [0.29, 0.717) is 16.9 Å². The van der Waals surface area contributed by atoms with Gasteiger partial charge in [-0.15, -0.1) is 0 Å². The van der Waals surface area contributed by atoms with E-state index in [1.54, 1.807) is 37.2 Å². The Labute approximate surface area is 132 Å². The van der Waals surface area contributed by atoms with Crippen molar-refractivity contribution in [2.75, 3.05) is 25.1 Å². The highest BCUT2D eigenvalue weighted by Gasteiger charge is 2.13. The quantitative estimate of drug-likeness (QED) is 0.634. The van der Waals surface area contributed by atoms with E-state index >= 15 is 0 Å². The lowest BCUT2D eigenvalue weighted by molar-refractivity contribution is 0.0828. The van der Waals surface area contributed by atoms with Crippen LogP contribution in [0.5, 0.6) is 0 Å². The molecule has 2 aromatic carbocycles. The van der Waals surface area contributed by atoms with Crippen molar-refractivity contribution in [3.63, 3.8) is 0 Å². The Morgan fingerprint density at radius 3 is 2.60 bits per heavy atom. The molecule has 0 unspecified atom stereocenters. The van der Waals surface area contributed by atoms with E-state index in [9.17, 15) is 4.79 Å². The van der Waals surface area contributed by atoms with Crippen molar-refractivity contribution >= 4 is 45.6 Å². The Morgan fingerprint density at radius 2 is 1.95 bits per heavy atom. The minimum absolute atomic E-state index is 0.0573. The van der Waals surface area contributed by atoms with Gasteiger partial charge in [0.05, 0.1) is 11.3 Å². The van der Waals surface area contributed by atoms with Gasteiger partial charge in [-0.25, -0.2) is 0 Å². The molecule has 1 amide bonds. The standard InChI is InChI=1S/C15H16IN3O/c1-19(2)15(20)13-7-6-11(17)9-14(13)18-12-5-3-4-10(16)8-12/h3-9,18H,17H2,1-2H3. The first-order valence-electron chi connectivity index (χ1n) is 6.11. The second-order valence-corrected chi connectivity index (χ2v) is 5.89. The van der Waals surface area contributed by atoms with Crippen molar-refractivity contribution in [1.82, 2.24) is 4.90 Å². The number of nitrogens with one attached hydrogen (secondary N) is 1. The maximum absolute atomic E-state index is 12.2. The molecular formula is C15H16IN3O. The molecule has 0 aliphatic carbocycles. The van der Waals surface area contributed by atoms with E-state index in [2.05, 4.69) is 27.9 Å². The highest BCUT2D eigenvalue weighted by Crippen LogP contribution is 2.25. The van der Waals surface area contributed by atoms with Crippen LogP contribution in [0.3, 0.4) is 0 Å².